The van der Waals surface area contributed by atoms with Gasteiger partial charge in [-0.2, -0.15) is 0 Å². The average Bonchev–Trinajstić information content (AvgIpc) is 2.90. The summed E-state index contributed by atoms with van der Waals surface area (Å²) in [7, 11) is 0. The van der Waals surface area contributed by atoms with Gasteiger partial charge >= 0.3 is 0 Å². The van der Waals surface area contributed by atoms with E-state index in [9.17, 15) is 4.79 Å². The third-order valence-electron chi connectivity index (χ3n) is 3.55. The van der Waals surface area contributed by atoms with Gasteiger partial charge < -0.3 is 14.7 Å². The molecule has 2 aliphatic heterocycles. The zero-order chi connectivity index (χ0) is 11.1. The molecule has 5 nitrogen and oxygen atoms in total. The highest BCUT2D eigenvalue weighted by atomic mass is 16.5. The van der Waals surface area contributed by atoms with E-state index in [-0.39, 0.29) is 5.91 Å². The first kappa shape index (κ1) is 9.84. The molecule has 2 fully saturated rings. The van der Waals surface area contributed by atoms with Crippen molar-refractivity contribution in [2.45, 2.75) is 19.4 Å². The van der Waals surface area contributed by atoms with Crippen LogP contribution in [-0.4, -0.2) is 41.6 Å². The largest absolute Gasteiger partial charge is 0.361 e. The molecule has 0 saturated carbocycles. The van der Waals surface area contributed by atoms with E-state index in [1.54, 1.807) is 13.0 Å². The van der Waals surface area contributed by atoms with Crippen LogP contribution in [0.3, 0.4) is 0 Å². The van der Waals surface area contributed by atoms with Crippen LogP contribution in [0, 0.1) is 12.8 Å². The van der Waals surface area contributed by atoms with E-state index in [1.807, 2.05) is 4.90 Å². The maximum Gasteiger partial charge on any atom is 0.276 e. The van der Waals surface area contributed by atoms with E-state index in [2.05, 4.69) is 10.5 Å². The second kappa shape index (κ2) is 3.59. The number of hydrogen-bond acceptors (Lipinski definition) is 4. The summed E-state index contributed by atoms with van der Waals surface area (Å²) in [6.45, 7) is 4.59. The molecule has 2 aliphatic rings. The lowest BCUT2D eigenvalue weighted by Crippen LogP contribution is -2.39. The molecule has 1 amide bonds. The highest BCUT2D eigenvalue weighted by Gasteiger charge is 2.40. The maximum absolute atomic E-state index is 12.2. The number of carbonyl (C=O) groups excluding carboxylic acids is 1. The fourth-order valence-corrected chi connectivity index (χ4v) is 2.72. The van der Waals surface area contributed by atoms with Gasteiger partial charge in [0.25, 0.3) is 5.91 Å². The molecule has 0 bridgehead atoms. The van der Waals surface area contributed by atoms with Gasteiger partial charge in [-0.1, -0.05) is 5.16 Å². The van der Waals surface area contributed by atoms with E-state index in [0.29, 0.717) is 23.4 Å². The minimum Gasteiger partial charge on any atom is -0.361 e. The molecule has 0 aliphatic carbocycles. The smallest absolute Gasteiger partial charge is 0.276 e. The van der Waals surface area contributed by atoms with Gasteiger partial charge in [0.15, 0.2) is 5.69 Å². The third kappa shape index (κ3) is 1.43. The Bertz CT molecular complexity index is 415. The van der Waals surface area contributed by atoms with Crippen molar-refractivity contribution in [1.29, 1.82) is 0 Å². The van der Waals surface area contributed by atoms with E-state index >= 15 is 0 Å². The van der Waals surface area contributed by atoms with Crippen molar-refractivity contribution >= 4 is 5.91 Å². The Kier molecular flexibility index (Phi) is 2.21. The van der Waals surface area contributed by atoms with Gasteiger partial charge in [-0.3, -0.25) is 4.79 Å². The predicted octanol–water partition coefficient (Wildman–Crippen LogP) is 0.417. The zero-order valence-corrected chi connectivity index (χ0v) is 9.27. The van der Waals surface area contributed by atoms with Crippen molar-refractivity contribution < 1.29 is 9.32 Å². The van der Waals surface area contributed by atoms with Crippen molar-refractivity contribution in [3.8, 4) is 0 Å². The molecule has 2 saturated heterocycles. The molecule has 3 heterocycles. The van der Waals surface area contributed by atoms with Crippen molar-refractivity contribution in [3.05, 3.63) is 17.5 Å². The Labute approximate surface area is 93.8 Å². The molecule has 5 heteroatoms. The van der Waals surface area contributed by atoms with Crippen LogP contribution in [0.5, 0.6) is 0 Å². The molecule has 1 aromatic rings. The summed E-state index contributed by atoms with van der Waals surface area (Å²) in [5, 5.41) is 7.12. The number of amides is 1. The third-order valence-corrected chi connectivity index (χ3v) is 3.55. The standard InChI is InChI=1S/C11H15N3O2/c1-7-4-9(13-16-7)11(15)14-3-2-8-5-12-6-10(8)14/h4,8,10,12H,2-3,5-6H2,1H3. The van der Waals surface area contributed by atoms with Gasteiger partial charge in [0.05, 0.1) is 0 Å². The minimum atomic E-state index is 0.00745. The molecular weight excluding hydrogens is 206 g/mol. The quantitative estimate of drug-likeness (QED) is 0.746. The number of nitrogens with one attached hydrogen (secondary N) is 1. The van der Waals surface area contributed by atoms with Gasteiger partial charge in [0, 0.05) is 31.7 Å². The summed E-state index contributed by atoms with van der Waals surface area (Å²) >= 11 is 0. The van der Waals surface area contributed by atoms with Gasteiger partial charge in [-0.05, 0) is 19.3 Å². The molecule has 16 heavy (non-hydrogen) atoms. The number of likely N-dealkylation sites (tertiary alicyclic amines) is 1. The molecule has 0 aromatic carbocycles. The predicted molar refractivity (Wildman–Crippen MR) is 57.0 cm³/mol. The summed E-state index contributed by atoms with van der Waals surface area (Å²) in [6, 6.07) is 2.06. The summed E-state index contributed by atoms with van der Waals surface area (Å²) in [4.78, 5) is 14.1. The minimum absolute atomic E-state index is 0.00745. The molecule has 1 N–H and O–H groups in total. The number of hydrogen-bond donors (Lipinski definition) is 1. The highest BCUT2D eigenvalue weighted by Crippen LogP contribution is 2.28. The fraction of sp³-hybridized carbons (Fsp3) is 0.636. The molecule has 0 radical (unpaired) electrons. The normalized spacial score (nSPS) is 28.4. The maximum atomic E-state index is 12.2. The Morgan fingerprint density at radius 2 is 2.50 bits per heavy atom. The first-order chi connectivity index (χ1) is 7.75. The lowest BCUT2D eigenvalue weighted by atomic mass is 10.1. The van der Waals surface area contributed by atoms with Crippen LogP contribution in [-0.2, 0) is 0 Å². The van der Waals surface area contributed by atoms with E-state index in [4.69, 9.17) is 4.52 Å². The molecule has 86 valence electrons. The molecule has 0 spiro atoms. The molecule has 1 aromatic heterocycles. The van der Waals surface area contributed by atoms with Crippen LogP contribution in [0.4, 0.5) is 0 Å². The van der Waals surface area contributed by atoms with Gasteiger partial charge in [-0.25, -0.2) is 0 Å². The molecular formula is C11H15N3O2. The Morgan fingerprint density at radius 3 is 3.25 bits per heavy atom. The van der Waals surface area contributed by atoms with Crippen LogP contribution in [0.2, 0.25) is 0 Å². The van der Waals surface area contributed by atoms with Gasteiger partial charge in [0.1, 0.15) is 5.76 Å². The second-order valence-electron chi connectivity index (χ2n) is 4.60. The second-order valence-corrected chi connectivity index (χ2v) is 4.60. The molecule has 2 atom stereocenters. The number of rotatable bonds is 1. The van der Waals surface area contributed by atoms with Crippen LogP contribution < -0.4 is 5.32 Å². The van der Waals surface area contributed by atoms with E-state index in [1.165, 1.54) is 0 Å². The van der Waals surface area contributed by atoms with Crippen LogP contribution in [0.25, 0.3) is 0 Å². The van der Waals surface area contributed by atoms with Crippen molar-refractivity contribution in [2.24, 2.45) is 5.92 Å². The van der Waals surface area contributed by atoms with Gasteiger partial charge in [-0.15, -0.1) is 0 Å². The summed E-state index contributed by atoms with van der Waals surface area (Å²) in [5.74, 6) is 1.31. The number of aromatic nitrogens is 1. The Morgan fingerprint density at radius 1 is 1.62 bits per heavy atom. The molecule has 2 unspecified atom stereocenters. The van der Waals surface area contributed by atoms with Crippen LogP contribution in [0.1, 0.15) is 22.7 Å². The van der Waals surface area contributed by atoms with Gasteiger partial charge in [0.2, 0.25) is 0 Å². The first-order valence-electron chi connectivity index (χ1n) is 5.70. The summed E-state index contributed by atoms with van der Waals surface area (Å²) < 4.78 is 4.94. The van der Waals surface area contributed by atoms with E-state index < -0.39 is 0 Å². The average molecular weight is 221 g/mol. The highest BCUT2D eigenvalue weighted by molar-refractivity contribution is 5.92. The number of carbonyl (C=O) groups is 1. The Balaban J connectivity index is 1.80. The van der Waals surface area contributed by atoms with Crippen molar-refractivity contribution in [2.75, 3.05) is 19.6 Å². The fourth-order valence-electron chi connectivity index (χ4n) is 2.72. The van der Waals surface area contributed by atoms with Crippen molar-refractivity contribution in [1.82, 2.24) is 15.4 Å². The number of nitrogens with zero attached hydrogens (tertiary/aromatic N) is 2. The SMILES string of the molecule is Cc1cc(C(=O)N2CCC3CNCC32)no1. The number of fused-ring (bicyclic) bond motifs is 1. The lowest BCUT2D eigenvalue weighted by molar-refractivity contribution is 0.0726. The van der Waals surface area contributed by atoms with Crippen molar-refractivity contribution in [3.63, 3.8) is 0 Å². The first-order valence-corrected chi connectivity index (χ1v) is 5.70. The summed E-state index contributed by atoms with van der Waals surface area (Å²) in [5.41, 5.74) is 0.435. The monoisotopic (exact) mass is 221 g/mol. The lowest BCUT2D eigenvalue weighted by Gasteiger charge is -2.21. The van der Waals surface area contributed by atoms with Crippen LogP contribution in [0.15, 0.2) is 10.6 Å². The molecule has 3 rings (SSSR count). The zero-order valence-electron chi connectivity index (χ0n) is 9.27. The Hall–Kier alpha value is -1.36. The number of aryl methyl sites for hydroxylation is 1. The summed E-state index contributed by atoms with van der Waals surface area (Å²) in [6.07, 6.45) is 1.10. The topological polar surface area (TPSA) is 58.4 Å². The van der Waals surface area contributed by atoms with Crippen LogP contribution >= 0.6 is 0 Å². The van der Waals surface area contributed by atoms with E-state index in [0.717, 1.165) is 26.1 Å².